The maximum absolute atomic E-state index is 7.22. The SMILES string of the molecule is CCCCOc1c2c(c(OCCCC)c3ccccc13)-c1nc-2nc2[nH]c(nc3nc(nc4[nH]c(n1)c1c(C)c5cccnc5c(OCCCC)c41)-c1c-3c(OCCCC)c3cc4ccccc4cc3c1OCCCC)c1c(OCCCC)c3ccccc3c(C)c21. The zero-order valence-corrected chi connectivity index (χ0v) is 54.1. The van der Waals surface area contributed by atoms with Crippen molar-refractivity contribution in [3.63, 3.8) is 0 Å². The fourth-order valence-electron chi connectivity index (χ4n) is 13.2. The van der Waals surface area contributed by atoms with E-state index in [0.29, 0.717) is 153 Å². The summed E-state index contributed by atoms with van der Waals surface area (Å²) in [5.74, 6) is 5.41. The molecule has 468 valence electrons. The van der Waals surface area contributed by atoms with E-state index in [-0.39, 0.29) is 0 Å². The number of H-pyrrole nitrogens is 2. The molecule has 0 aliphatic carbocycles. The van der Waals surface area contributed by atoms with Gasteiger partial charge in [0.1, 0.15) is 56.9 Å². The number of aromatic amines is 2. The van der Waals surface area contributed by atoms with Gasteiger partial charge in [-0.3, -0.25) is 4.98 Å². The number of hydrogen-bond acceptors (Lipinski definition) is 13. The Morgan fingerprint density at radius 1 is 0.315 bits per heavy atom. The molecule has 0 saturated carbocycles. The Hall–Kier alpha value is -9.63. The number of unbranched alkanes of at least 4 members (excludes halogenated alkanes) is 6. The van der Waals surface area contributed by atoms with Crippen molar-refractivity contribution in [2.45, 2.75) is 132 Å². The van der Waals surface area contributed by atoms with Gasteiger partial charge in [0.25, 0.3) is 0 Å². The first-order chi connectivity index (χ1) is 45.3. The van der Waals surface area contributed by atoms with E-state index in [2.05, 4.69) is 144 Å². The summed E-state index contributed by atoms with van der Waals surface area (Å²) in [7, 11) is 0. The van der Waals surface area contributed by atoms with Crippen molar-refractivity contribution >= 4 is 98.1 Å². The van der Waals surface area contributed by atoms with Gasteiger partial charge in [-0.05, 0) is 97.9 Å². The number of benzene rings is 8. The first-order valence-electron chi connectivity index (χ1n) is 33.5. The number of fused-ring (bicyclic) bond motifs is 25. The van der Waals surface area contributed by atoms with Crippen LogP contribution in [0.25, 0.3) is 144 Å². The van der Waals surface area contributed by atoms with Crippen LogP contribution in [0.2, 0.25) is 0 Å². The molecule has 0 spiro atoms. The van der Waals surface area contributed by atoms with Crippen molar-refractivity contribution in [2.75, 3.05) is 39.6 Å². The van der Waals surface area contributed by atoms with Gasteiger partial charge in [0.05, 0.1) is 72.7 Å². The topological polar surface area (TPSA) is 177 Å². The van der Waals surface area contributed by atoms with Crippen LogP contribution in [0.4, 0.5) is 0 Å². The Kier molecular flexibility index (Phi) is 16.9. The van der Waals surface area contributed by atoms with E-state index >= 15 is 0 Å². The van der Waals surface area contributed by atoms with Crippen molar-refractivity contribution in [3.05, 3.63) is 114 Å². The summed E-state index contributed by atoms with van der Waals surface area (Å²) in [5, 5.41) is 11.7. The predicted octanol–water partition coefficient (Wildman–Crippen LogP) is 19.7. The number of aryl methyl sites for hydroxylation is 2. The highest BCUT2D eigenvalue weighted by Crippen LogP contribution is 2.56. The first-order valence-corrected chi connectivity index (χ1v) is 33.5. The largest absolute Gasteiger partial charge is 0.492 e. The molecule has 0 radical (unpaired) electrons. The molecule has 0 amide bonds. The molecule has 12 aromatic rings. The van der Waals surface area contributed by atoms with Crippen molar-refractivity contribution < 1.29 is 28.4 Å². The predicted molar refractivity (Wildman–Crippen MR) is 373 cm³/mol. The molecule has 0 unspecified atom stereocenters. The molecular formula is C77H79N9O6. The summed E-state index contributed by atoms with van der Waals surface area (Å²) in [6.07, 6.45) is 12.4. The Balaban J connectivity index is 1.24. The van der Waals surface area contributed by atoms with Crippen LogP contribution < -0.4 is 28.4 Å². The number of aromatic nitrogens is 9. The Morgan fingerprint density at radius 3 is 1.04 bits per heavy atom. The Labute approximate surface area is 535 Å². The normalized spacial score (nSPS) is 12.0. The summed E-state index contributed by atoms with van der Waals surface area (Å²) >= 11 is 0. The minimum Gasteiger partial charge on any atom is -0.492 e. The van der Waals surface area contributed by atoms with Crippen LogP contribution in [0.5, 0.6) is 34.5 Å². The fourth-order valence-corrected chi connectivity index (χ4v) is 13.2. The van der Waals surface area contributed by atoms with Gasteiger partial charge in [-0.2, -0.15) is 0 Å². The molecule has 8 aromatic carbocycles. The third-order valence-corrected chi connectivity index (χ3v) is 18.0. The van der Waals surface area contributed by atoms with Gasteiger partial charge in [0.2, 0.25) is 0 Å². The van der Waals surface area contributed by atoms with Crippen LogP contribution in [0.3, 0.4) is 0 Å². The lowest BCUT2D eigenvalue weighted by Gasteiger charge is -2.19. The maximum Gasteiger partial charge on any atom is 0.168 e. The van der Waals surface area contributed by atoms with Crippen LogP contribution in [-0.4, -0.2) is 84.5 Å². The van der Waals surface area contributed by atoms with Crippen molar-refractivity contribution in [1.29, 1.82) is 0 Å². The van der Waals surface area contributed by atoms with Gasteiger partial charge in [-0.25, -0.2) is 29.9 Å². The monoisotopic (exact) mass is 1230 g/mol. The standard InChI is InChI=1S/C77H79N9O6/c1-9-15-36-87-64-50-31-24-23-30-48(50)44(7)55-57(64)72-79-70(55)81-74-59-60(66(89-38-17-11-3)52-33-26-25-32-51(52)65(59)88-37-16-10-2)75(85-74)82-71-56-45(8)49-34-27-35-78-63(49)69(92-41-20-14-6)58(56)73(80-71)84-77-62-61(76(83-72)86-77)67(90-39-18-12-4)53-42-46-28-21-22-29-47(46)43-54(53)68(62)91-40-19-13-5/h21-35,42-43H,9-20,36-41H2,1-8H3,(H2,79,80,81,82,83,84,85,86). The minimum atomic E-state index is 0.369. The molecule has 2 N–H and O–H groups in total. The second-order valence-electron chi connectivity index (χ2n) is 24.3. The van der Waals surface area contributed by atoms with Crippen LogP contribution in [0.15, 0.2) is 103 Å². The third kappa shape index (κ3) is 10.4. The molecule has 15 heteroatoms. The van der Waals surface area contributed by atoms with E-state index in [0.717, 1.165) is 153 Å². The molecule has 0 saturated heterocycles. The molecule has 2 aliphatic rings. The summed E-state index contributed by atoms with van der Waals surface area (Å²) in [6, 6.07) is 33.7. The van der Waals surface area contributed by atoms with E-state index in [1.54, 1.807) is 0 Å². The molecule has 4 aromatic heterocycles. The van der Waals surface area contributed by atoms with Crippen molar-refractivity contribution in [1.82, 2.24) is 44.9 Å². The van der Waals surface area contributed by atoms with Gasteiger partial charge in [-0.15, -0.1) is 0 Å². The highest BCUT2D eigenvalue weighted by Gasteiger charge is 2.36. The average molecular weight is 1230 g/mol. The minimum absolute atomic E-state index is 0.369. The highest BCUT2D eigenvalue weighted by atomic mass is 16.5. The molecule has 14 rings (SSSR count). The summed E-state index contributed by atoms with van der Waals surface area (Å²) in [6.45, 7) is 20.1. The van der Waals surface area contributed by atoms with Crippen molar-refractivity contribution in [3.8, 4) is 80.0 Å². The lowest BCUT2D eigenvalue weighted by Crippen LogP contribution is -2.04. The van der Waals surface area contributed by atoms with Gasteiger partial charge >= 0.3 is 0 Å². The molecule has 2 aliphatic heterocycles. The number of nitrogens with one attached hydrogen (secondary N) is 2. The molecule has 0 fully saturated rings. The summed E-state index contributed by atoms with van der Waals surface area (Å²) in [4.78, 5) is 47.3. The highest BCUT2D eigenvalue weighted by molar-refractivity contribution is 6.21. The lowest BCUT2D eigenvalue weighted by atomic mass is 9.95. The van der Waals surface area contributed by atoms with Gasteiger partial charge in [0.15, 0.2) is 29.0 Å². The molecular weight excluding hydrogens is 1150 g/mol. The number of nitrogens with zero attached hydrogens (tertiary/aromatic N) is 7. The molecule has 92 heavy (non-hydrogen) atoms. The van der Waals surface area contributed by atoms with Crippen LogP contribution >= 0.6 is 0 Å². The molecule has 6 heterocycles. The Bertz CT molecular complexity index is 4730. The zero-order valence-electron chi connectivity index (χ0n) is 54.1. The third-order valence-electron chi connectivity index (χ3n) is 18.0. The smallest absolute Gasteiger partial charge is 0.168 e. The second kappa shape index (κ2) is 25.9. The van der Waals surface area contributed by atoms with Crippen LogP contribution in [0, 0.1) is 13.8 Å². The van der Waals surface area contributed by atoms with Gasteiger partial charge < -0.3 is 38.4 Å². The van der Waals surface area contributed by atoms with E-state index in [4.69, 9.17) is 63.3 Å². The average Bonchev–Trinajstić information content (AvgIpc) is 1.53. The van der Waals surface area contributed by atoms with Gasteiger partial charge in [0, 0.05) is 49.3 Å². The van der Waals surface area contributed by atoms with Crippen LogP contribution in [0.1, 0.15) is 130 Å². The molecule has 8 bridgehead atoms. The maximum atomic E-state index is 7.22. The zero-order chi connectivity index (χ0) is 63.0. The number of rotatable bonds is 24. The summed E-state index contributed by atoms with van der Waals surface area (Å²) < 4.78 is 42.7. The molecule has 0 atom stereocenters. The summed E-state index contributed by atoms with van der Waals surface area (Å²) in [5.41, 5.74) is 7.31. The number of pyridine rings is 1. The fraction of sp³-hybridized carbons (Fsp3) is 0.338. The van der Waals surface area contributed by atoms with Crippen LogP contribution in [-0.2, 0) is 0 Å². The Morgan fingerprint density at radius 2 is 0.630 bits per heavy atom. The second-order valence-corrected chi connectivity index (χ2v) is 24.3. The number of ether oxygens (including phenoxy) is 6. The van der Waals surface area contributed by atoms with Crippen molar-refractivity contribution in [2.24, 2.45) is 0 Å². The van der Waals surface area contributed by atoms with Gasteiger partial charge in [-0.1, -0.05) is 159 Å². The molecule has 15 nitrogen and oxygen atoms in total. The first kappa shape index (κ1) is 60.0. The van der Waals surface area contributed by atoms with E-state index < -0.39 is 0 Å². The lowest BCUT2D eigenvalue weighted by molar-refractivity contribution is 0.308. The van der Waals surface area contributed by atoms with E-state index in [1.165, 1.54) is 0 Å². The van der Waals surface area contributed by atoms with E-state index in [9.17, 15) is 0 Å². The quantitative estimate of drug-likeness (QED) is 0.0432. The number of hydrogen-bond donors (Lipinski definition) is 2. The van der Waals surface area contributed by atoms with E-state index in [1.807, 2.05) is 24.4 Å².